The number of amides is 1. The van der Waals surface area contributed by atoms with Crippen LogP contribution in [0.2, 0.25) is 0 Å². The van der Waals surface area contributed by atoms with Crippen LogP contribution in [-0.4, -0.2) is 32.3 Å². The van der Waals surface area contributed by atoms with Crippen molar-refractivity contribution in [1.29, 1.82) is 0 Å². The Morgan fingerprint density at radius 2 is 1.92 bits per heavy atom. The van der Waals surface area contributed by atoms with E-state index in [1.807, 2.05) is 18.2 Å². The fourth-order valence-corrected chi connectivity index (χ4v) is 2.39. The highest BCUT2D eigenvalue weighted by molar-refractivity contribution is 5.94. The van der Waals surface area contributed by atoms with Crippen LogP contribution in [0, 0.1) is 0 Å². The van der Waals surface area contributed by atoms with Gasteiger partial charge in [0.2, 0.25) is 12.7 Å². The lowest BCUT2D eigenvalue weighted by atomic mass is 10.2. The van der Waals surface area contributed by atoms with Gasteiger partial charge in [-0.05, 0) is 30.3 Å². The molecule has 2 aromatic rings. The molecular formula is C18H18N2O5. The lowest BCUT2D eigenvalue weighted by molar-refractivity contribution is -0.115. The molecule has 0 aliphatic carbocycles. The predicted octanol–water partition coefficient (Wildman–Crippen LogP) is 2.64. The van der Waals surface area contributed by atoms with Crippen molar-refractivity contribution < 1.29 is 23.8 Å². The molecule has 0 spiro atoms. The van der Waals surface area contributed by atoms with Crippen LogP contribution in [-0.2, 0) is 9.53 Å². The van der Waals surface area contributed by atoms with Crippen LogP contribution < -0.4 is 20.1 Å². The molecule has 1 amide bonds. The molecule has 1 aliphatic rings. The summed E-state index contributed by atoms with van der Waals surface area (Å²) in [7, 11) is 1.31. The number of hydrogen-bond donors (Lipinski definition) is 2. The maximum atomic E-state index is 12.0. The van der Waals surface area contributed by atoms with Gasteiger partial charge in [0.15, 0.2) is 11.5 Å². The summed E-state index contributed by atoms with van der Waals surface area (Å²) >= 11 is 0. The molecule has 0 saturated carbocycles. The minimum atomic E-state index is -0.444. The Bertz CT molecular complexity index is 791. The van der Waals surface area contributed by atoms with Crippen LogP contribution in [0.15, 0.2) is 42.5 Å². The van der Waals surface area contributed by atoms with Gasteiger partial charge >= 0.3 is 5.97 Å². The van der Waals surface area contributed by atoms with Crippen molar-refractivity contribution in [3.63, 3.8) is 0 Å². The standard InChI is InChI=1S/C18H18N2O5/c1-23-18(22)12-3-2-4-14(9-12)20-17(21)7-8-19-13-5-6-15-16(10-13)25-11-24-15/h2-6,9-10,19H,7-8,11H2,1H3,(H,20,21). The van der Waals surface area contributed by atoms with Gasteiger partial charge in [0, 0.05) is 30.4 Å². The molecular weight excluding hydrogens is 324 g/mol. The fraction of sp³-hybridized carbons (Fsp3) is 0.222. The van der Waals surface area contributed by atoms with Crippen LogP contribution in [0.5, 0.6) is 11.5 Å². The van der Waals surface area contributed by atoms with E-state index in [-0.39, 0.29) is 19.1 Å². The summed E-state index contributed by atoms with van der Waals surface area (Å²) in [4.78, 5) is 23.5. The predicted molar refractivity (Wildman–Crippen MR) is 92.1 cm³/mol. The molecule has 0 radical (unpaired) electrons. The summed E-state index contributed by atoms with van der Waals surface area (Å²) in [6.45, 7) is 0.688. The first-order chi connectivity index (χ1) is 12.2. The summed E-state index contributed by atoms with van der Waals surface area (Å²) in [5.41, 5.74) is 1.79. The molecule has 1 heterocycles. The van der Waals surface area contributed by atoms with Gasteiger partial charge in [0.1, 0.15) is 0 Å². The molecule has 0 bridgehead atoms. The molecule has 130 valence electrons. The van der Waals surface area contributed by atoms with Gasteiger partial charge in [0.05, 0.1) is 12.7 Å². The summed E-state index contributed by atoms with van der Waals surface area (Å²) in [6.07, 6.45) is 0.275. The largest absolute Gasteiger partial charge is 0.465 e. The van der Waals surface area contributed by atoms with Crippen molar-refractivity contribution in [2.24, 2.45) is 0 Å². The van der Waals surface area contributed by atoms with E-state index in [9.17, 15) is 9.59 Å². The highest BCUT2D eigenvalue weighted by atomic mass is 16.7. The van der Waals surface area contributed by atoms with Crippen molar-refractivity contribution in [3.05, 3.63) is 48.0 Å². The van der Waals surface area contributed by atoms with Gasteiger partial charge in [-0.3, -0.25) is 4.79 Å². The third-order valence-corrected chi connectivity index (χ3v) is 3.62. The third kappa shape index (κ3) is 4.20. The van der Waals surface area contributed by atoms with Gasteiger partial charge in [-0.15, -0.1) is 0 Å². The van der Waals surface area contributed by atoms with Crippen LogP contribution in [0.4, 0.5) is 11.4 Å². The van der Waals surface area contributed by atoms with Crippen molar-refractivity contribution in [2.75, 3.05) is 31.1 Å². The summed E-state index contributed by atoms with van der Waals surface area (Å²) < 4.78 is 15.2. The smallest absolute Gasteiger partial charge is 0.337 e. The van der Waals surface area contributed by atoms with Gasteiger partial charge in [-0.1, -0.05) is 6.07 Å². The third-order valence-electron chi connectivity index (χ3n) is 3.62. The first-order valence-corrected chi connectivity index (χ1v) is 7.77. The number of carbonyl (C=O) groups is 2. The average molecular weight is 342 g/mol. The minimum absolute atomic E-state index is 0.157. The topological polar surface area (TPSA) is 85.9 Å². The number of nitrogens with one attached hydrogen (secondary N) is 2. The number of ether oxygens (including phenoxy) is 3. The Hall–Kier alpha value is -3.22. The molecule has 0 saturated heterocycles. The Labute approximate surface area is 144 Å². The molecule has 0 unspecified atom stereocenters. The molecule has 1 aliphatic heterocycles. The van der Waals surface area contributed by atoms with E-state index in [0.717, 1.165) is 5.69 Å². The van der Waals surface area contributed by atoms with Crippen molar-refractivity contribution in [1.82, 2.24) is 0 Å². The van der Waals surface area contributed by atoms with Gasteiger partial charge in [-0.2, -0.15) is 0 Å². The van der Waals surface area contributed by atoms with Crippen LogP contribution >= 0.6 is 0 Å². The lowest BCUT2D eigenvalue weighted by Gasteiger charge is -2.09. The second kappa shape index (κ2) is 7.57. The van der Waals surface area contributed by atoms with Crippen molar-refractivity contribution in [3.8, 4) is 11.5 Å². The van der Waals surface area contributed by atoms with Crippen LogP contribution in [0.25, 0.3) is 0 Å². The Balaban J connectivity index is 1.49. The molecule has 7 nitrogen and oxygen atoms in total. The summed E-state index contributed by atoms with van der Waals surface area (Å²) in [6, 6.07) is 12.1. The van der Waals surface area contributed by atoms with E-state index in [1.54, 1.807) is 24.3 Å². The number of benzene rings is 2. The number of hydrogen-bond acceptors (Lipinski definition) is 6. The maximum absolute atomic E-state index is 12.0. The zero-order valence-corrected chi connectivity index (χ0v) is 13.7. The Morgan fingerprint density at radius 3 is 2.76 bits per heavy atom. The number of methoxy groups -OCH3 is 1. The second-order valence-corrected chi connectivity index (χ2v) is 5.37. The molecule has 2 aromatic carbocycles. The monoisotopic (exact) mass is 342 g/mol. The summed E-state index contributed by atoms with van der Waals surface area (Å²) in [5.74, 6) is 0.804. The molecule has 2 N–H and O–H groups in total. The zero-order valence-electron chi connectivity index (χ0n) is 13.7. The molecule has 25 heavy (non-hydrogen) atoms. The van der Waals surface area contributed by atoms with Crippen LogP contribution in [0.1, 0.15) is 16.8 Å². The highest BCUT2D eigenvalue weighted by Gasteiger charge is 2.13. The molecule has 0 aromatic heterocycles. The number of carbonyl (C=O) groups excluding carboxylic acids is 2. The second-order valence-electron chi connectivity index (χ2n) is 5.37. The van der Waals surface area contributed by atoms with Crippen LogP contribution in [0.3, 0.4) is 0 Å². The molecule has 7 heteroatoms. The zero-order chi connectivity index (χ0) is 17.6. The van der Waals surface area contributed by atoms with Gasteiger partial charge < -0.3 is 24.8 Å². The minimum Gasteiger partial charge on any atom is -0.465 e. The van der Waals surface area contributed by atoms with E-state index in [4.69, 9.17) is 9.47 Å². The number of rotatable bonds is 6. The SMILES string of the molecule is COC(=O)c1cccc(NC(=O)CCNc2ccc3c(c2)OCO3)c1. The van der Waals surface area contributed by atoms with Gasteiger partial charge in [0.25, 0.3) is 0 Å². The lowest BCUT2D eigenvalue weighted by Crippen LogP contribution is -2.16. The molecule has 0 atom stereocenters. The van der Waals surface area contributed by atoms with E-state index in [0.29, 0.717) is 29.3 Å². The first kappa shape index (κ1) is 16.6. The van der Waals surface area contributed by atoms with E-state index < -0.39 is 5.97 Å². The van der Waals surface area contributed by atoms with Crippen molar-refractivity contribution >= 4 is 23.3 Å². The van der Waals surface area contributed by atoms with E-state index in [2.05, 4.69) is 15.4 Å². The fourth-order valence-electron chi connectivity index (χ4n) is 2.39. The van der Waals surface area contributed by atoms with Crippen molar-refractivity contribution in [2.45, 2.75) is 6.42 Å². The number of anilines is 2. The molecule has 3 rings (SSSR count). The quantitative estimate of drug-likeness (QED) is 0.785. The molecule has 0 fully saturated rings. The number of esters is 1. The van der Waals surface area contributed by atoms with Gasteiger partial charge in [-0.25, -0.2) is 4.79 Å². The number of fused-ring (bicyclic) bond motifs is 1. The first-order valence-electron chi connectivity index (χ1n) is 7.77. The maximum Gasteiger partial charge on any atom is 0.337 e. The van der Waals surface area contributed by atoms with E-state index in [1.165, 1.54) is 7.11 Å². The summed E-state index contributed by atoms with van der Waals surface area (Å²) in [5, 5.41) is 5.92. The average Bonchev–Trinajstić information content (AvgIpc) is 3.09. The van der Waals surface area contributed by atoms with E-state index >= 15 is 0 Å². The highest BCUT2D eigenvalue weighted by Crippen LogP contribution is 2.34. The normalized spacial score (nSPS) is 11.7. The Kier molecular flexibility index (Phi) is 5.03. The Morgan fingerprint density at radius 1 is 1.08 bits per heavy atom.